The van der Waals surface area contributed by atoms with Crippen molar-refractivity contribution < 1.29 is 14.1 Å². The highest BCUT2D eigenvalue weighted by atomic mass is 16.5. The predicted molar refractivity (Wildman–Crippen MR) is 91.4 cm³/mol. The summed E-state index contributed by atoms with van der Waals surface area (Å²) in [6.07, 6.45) is 5.27. The molecule has 1 aliphatic heterocycles. The number of carbonyl (C=O) groups excluding carboxylic acids is 1. The van der Waals surface area contributed by atoms with Crippen molar-refractivity contribution >= 4 is 5.91 Å². The number of aromatic nitrogens is 4. The van der Waals surface area contributed by atoms with Crippen LogP contribution in [-0.4, -0.2) is 43.7 Å². The Labute approximate surface area is 150 Å². The Balaban J connectivity index is 1.52. The first-order valence-electron chi connectivity index (χ1n) is 8.44. The smallest absolute Gasteiger partial charge is 0.292 e. The van der Waals surface area contributed by atoms with E-state index >= 15 is 0 Å². The second kappa shape index (κ2) is 6.99. The van der Waals surface area contributed by atoms with Crippen LogP contribution in [0.15, 0.2) is 47.5 Å². The Kier molecular flexibility index (Phi) is 4.39. The molecular weight excluding hydrogens is 334 g/mol. The molecule has 4 rings (SSSR count). The molecule has 0 bridgehead atoms. The van der Waals surface area contributed by atoms with Gasteiger partial charge in [-0.2, -0.15) is 0 Å². The predicted octanol–water partition coefficient (Wildman–Crippen LogP) is 1.93. The van der Waals surface area contributed by atoms with Gasteiger partial charge in [0.15, 0.2) is 0 Å². The molecule has 0 radical (unpaired) electrons. The van der Waals surface area contributed by atoms with Crippen molar-refractivity contribution in [3.8, 4) is 5.88 Å². The Hall–Kier alpha value is -3.16. The molecule has 0 aliphatic carbocycles. The molecule has 0 saturated heterocycles. The van der Waals surface area contributed by atoms with E-state index in [4.69, 9.17) is 9.26 Å². The van der Waals surface area contributed by atoms with Gasteiger partial charge in [0.05, 0.1) is 30.9 Å². The number of aryl methyl sites for hydroxylation is 1. The van der Waals surface area contributed by atoms with Crippen LogP contribution in [0.4, 0.5) is 0 Å². The molecule has 0 aromatic carbocycles. The van der Waals surface area contributed by atoms with Gasteiger partial charge in [-0.1, -0.05) is 11.2 Å². The van der Waals surface area contributed by atoms with E-state index in [9.17, 15) is 4.79 Å². The van der Waals surface area contributed by atoms with Gasteiger partial charge in [-0.05, 0) is 13.0 Å². The van der Waals surface area contributed by atoms with Crippen molar-refractivity contribution in [2.24, 2.45) is 5.92 Å². The van der Waals surface area contributed by atoms with Gasteiger partial charge in [-0.25, -0.2) is 9.97 Å². The van der Waals surface area contributed by atoms with Crippen molar-refractivity contribution in [2.75, 3.05) is 13.2 Å². The number of pyridine rings is 1. The van der Waals surface area contributed by atoms with Crippen LogP contribution in [-0.2, 0) is 13.1 Å². The zero-order valence-corrected chi connectivity index (χ0v) is 14.4. The minimum Gasteiger partial charge on any atom is -0.477 e. The van der Waals surface area contributed by atoms with Crippen molar-refractivity contribution in [2.45, 2.75) is 20.0 Å². The van der Waals surface area contributed by atoms with Crippen LogP contribution in [0, 0.1) is 12.8 Å². The van der Waals surface area contributed by atoms with Gasteiger partial charge in [0.25, 0.3) is 5.91 Å². The quantitative estimate of drug-likeness (QED) is 0.712. The average Bonchev–Trinajstić information content (AvgIpc) is 3.24. The molecule has 4 heterocycles. The van der Waals surface area contributed by atoms with Crippen molar-refractivity contribution in [1.29, 1.82) is 0 Å². The molecule has 0 saturated carbocycles. The van der Waals surface area contributed by atoms with Gasteiger partial charge in [0.2, 0.25) is 11.6 Å². The molecule has 0 N–H and O–H groups in total. The molecular formula is C18H19N5O3. The molecule has 1 aliphatic rings. The Morgan fingerprint density at radius 2 is 2.31 bits per heavy atom. The maximum atomic E-state index is 12.8. The van der Waals surface area contributed by atoms with E-state index in [0.717, 1.165) is 12.2 Å². The maximum Gasteiger partial charge on any atom is 0.292 e. The summed E-state index contributed by atoms with van der Waals surface area (Å²) in [6, 6.07) is 7.20. The molecule has 0 unspecified atom stereocenters. The number of rotatable bonds is 4. The molecule has 8 heteroatoms. The van der Waals surface area contributed by atoms with E-state index in [0.29, 0.717) is 31.3 Å². The second-order valence-electron chi connectivity index (χ2n) is 6.40. The van der Waals surface area contributed by atoms with Crippen molar-refractivity contribution in [1.82, 2.24) is 24.6 Å². The van der Waals surface area contributed by atoms with E-state index in [2.05, 4.69) is 19.7 Å². The van der Waals surface area contributed by atoms with Crippen LogP contribution < -0.4 is 4.74 Å². The lowest BCUT2D eigenvalue weighted by Crippen LogP contribution is -2.35. The number of imidazole rings is 1. The number of fused-ring (bicyclic) bond motifs is 1. The number of nitrogens with zero attached hydrogens (tertiary/aromatic N) is 5. The summed E-state index contributed by atoms with van der Waals surface area (Å²) in [4.78, 5) is 23.0. The summed E-state index contributed by atoms with van der Waals surface area (Å²) in [5, 5.41) is 3.81. The second-order valence-corrected chi connectivity index (χ2v) is 6.40. The summed E-state index contributed by atoms with van der Waals surface area (Å²) >= 11 is 0. The normalized spacial score (nSPS) is 16.8. The summed E-state index contributed by atoms with van der Waals surface area (Å²) in [5.41, 5.74) is 1.66. The largest absolute Gasteiger partial charge is 0.477 e. The lowest BCUT2D eigenvalue weighted by atomic mass is 10.1. The molecule has 134 valence electrons. The fourth-order valence-corrected chi connectivity index (χ4v) is 3.07. The molecule has 1 amide bonds. The first-order chi connectivity index (χ1) is 12.7. The van der Waals surface area contributed by atoms with Gasteiger partial charge < -0.3 is 18.7 Å². The van der Waals surface area contributed by atoms with Gasteiger partial charge in [-0.15, -0.1) is 0 Å². The van der Waals surface area contributed by atoms with Crippen LogP contribution in [0.5, 0.6) is 5.88 Å². The Bertz CT molecular complexity index is 889. The lowest BCUT2D eigenvalue weighted by molar-refractivity contribution is 0.0658. The number of hydrogen-bond donors (Lipinski definition) is 0. The SMILES string of the molecule is Cc1cc(C(=O)N2Cc3cncn3C[C@H](COc3ccccn3)C2)on1. The summed E-state index contributed by atoms with van der Waals surface area (Å²) in [6.45, 7) is 3.99. The number of amides is 1. The first-order valence-corrected chi connectivity index (χ1v) is 8.44. The van der Waals surface area contributed by atoms with E-state index in [-0.39, 0.29) is 17.6 Å². The lowest BCUT2D eigenvalue weighted by Gasteiger charge is -2.23. The molecule has 0 spiro atoms. The molecule has 8 nitrogen and oxygen atoms in total. The number of ether oxygens (including phenoxy) is 1. The monoisotopic (exact) mass is 353 g/mol. The summed E-state index contributed by atoms with van der Waals surface area (Å²) in [5.74, 6) is 0.745. The average molecular weight is 353 g/mol. The fraction of sp³-hybridized carbons (Fsp3) is 0.333. The van der Waals surface area contributed by atoms with E-state index in [1.165, 1.54) is 0 Å². The number of hydrogen-bond acceptors (Lipinski definition) is 6. The Morgan fingerprint density at radius 3 is 3.08 bits per heavy atom. The summed E-state index contributed by atoms with van der Waals surface area (Å²) in [7, 11) is 0. The first kappa shape index (κ1) is 16.3. The van der Waals surface area contributed by atoms with Crippen LogP contribution in [0.2, 0.25) is 0 Å². The highest BCUT2D eigenvalue weighted by molar-refractivity contribution is 5.91. The third-order valence-corrected chi connectivity index (χ3v) is 4.32. The zero-order valence-electron chi connectivity index (χ0n) is 14.4. The van der Waals surface area contributed by atoms with Crippen LogP contribution in [0.1, 0.15) is 21.9 Å². The van der Waals surface area contributed by atoms with Crippen LogP contribution in [0.25, 0.3) is 0 Å². The van der Waals surface area contributed by atoms with E-state index < -0.39 is 0 Å². The van der Waals surface area contributed by atoms with Gasteiger partial charge in [-0.3, -0.25) is 4.79 Å². The van der Waals surface area contributed by atoms with Crippen LogP contribution >= 0.6 is 0 Å². The third-order valence-electron chi connectivity index (χ3n) is 4.32. The standard InChI is InChI=1S/C18H19N5O3/c1-13-6-16(26-21-13)18(24)22-8-14(9-23-12-19-7-15(23)10-22)11-25-17-4-2-3-5-20-17/h2-7,12,14H,8-11H2,1H3/t14-/m1/s1. The number of carbonyl (C=O) groups is 1. The van der Waals surface area contributed by atoms with Crippen molar-refractivity contribution in [3.63, 3.8) is 0 Å². The minimum atomic E-state index is -0.178. The molecule has 26 heavy (non-hydrogen) atoms. The molecule has 3 aromatic rings. The Morgan fingerprint density at radius 1 is 1.38 bits per heavy atom. The topological polar surface area (TPSA) is 86.3 Å². The van der Waals surface area contributed by atoms with Crippen molar-refractivity contribution in [3.05, 3.63) is 60.1 Å². The van der Waals surface area contributed by atoms with Gasteiger partial charge in [0.1, 0.15) is 0 Å². The maximum absolute atomic E-state index is 12.8. The molecule has 3 aromatic heterocycles. The fourth-order valence-electron chi connectivity index (χ4n) is 3.07. The van der Waals surface area contributed by atoms with E-state index in [1.54, 1.807) is 36.6 Å². The van der Waals surface area contributed by atoms with Gasteiger partial charge in [0, 0.05) is 43.5 Å². The van der Waals surface area contributed by atoms with Gasteiger partial charge >= 0.3 is 0 Å². The van der Waals surface area contributed by atoms with Crippen LogP contribution in [0.3, 0.4) is 0 Å². The third kappa shape index (κ3) is 3.44. The summed E-state index contributed by atoms with van der Waals surface area (Å²) < 4.78 is 13.0. The highest BCUT2D eigenvalue weighted by Gasteiger charge is 2.28. The molecule has 1 atom stereocenters. The minimum absolute atomic E-state index is 0.0976. The highest BCUT2D eigenvalue weighted by Crippen LogP contribution is 2.20. The van der Waals surface area contributed by atoms with E-state index in [1.807, 2.05) is 18.2 Å². The zero-order chi connectivity index (χ0) is 17.9. The molecule has 0 fully saturated rings.